The van der Waals surface area contributed by atoms with Crippen LogP contribution in [0.4, 0.5) is 0 Å². The van der Waals surface area contributed by atoms with Crippen LogP contribution in [0.5, 0.6) is 0 Å². The number of aromatic carboxylic acids is 1. The Labute approximate surface area is 216 Å². The molecule has 6 aromatic rings. The molecule has 11 heteroatoms. The first-order valence-electron chi connectivity index (χ1n) is 11.5. The lowest BCUT2D eigenvalue weighted by molar-refractivity contribution is 0.0696. The summed E-state index contributed by atoms with van der Waals surface area (Å²) in [5.74, 6) is -2.05. The van der Waals surface area contributed by atoms with Gasteiger partial charge in [-0.3, -0.25) is 24.0 Å². The lowest BCUT2D eigenvalue weighted by Crippen LogP contribution is -2.25. The van der Waals surface area contributed by atoms with Crippen LogP contribution in [-0.2, 0) is 0 Å². The first kappa shape index (κ1) is 23.6. The molecule has 0 aliphatic heterocycles. The quantitative estimate of drug-likeness (QED) is 0.335. The predicted octanol–water partition coefficient (Wildman–Crippen LogP) is 1.61. The molecule has 4 aromatic heterocycles. The topological polar surface area (TPSA) is 158 Å². The Morgan fingerprint density at radius 1 is 0.615 bits per heavy atom. The second-order valence-corrected chi connectivity index (χ2v) is 8.58. The standard InChI is InChI=1S/C28H14N4O7/c33-23(14-7-9-15(10-8-14)28(38)39)22-20-16(24(34)31(26(20)36)18-5-1-3-11-29-18)13-17-21(22)27(37)32(25(17)35)19-6-2-4-12-30-19/h1-13H,(H,38,39). The molecule has 0 atom stereocenters. The molecule has 0 saturated heterocycles. The van der Waals surface area contributed by atoms with Crippen molar-refractivity contribution in [1.29, 1.82) is 0 Å². The van der Waals surface area contributed by atoms with Crippen molar-refractivity contribution < 1.29 is 14.7 Å². The van der Waals surface area contributed by atoms with E-state index < -0.39 is 39.6 Å². The number of carboxylic acids is 1. The van der Waals surface area contributed by atoms with Gasteiger partial charge in [0.15, 0.2) is 5.78 Å². The average Bonchev–Trinajstić information content (AvgIpc) is 3.36. The van der Waals surface area contributed by atoms with Crippen molar-refractivity contribution in [1.82, 2.24) is 19.1 Å². The highest BCUT2D eigenvalue weighted by atomic mass is 16.4. The van der Waals surface area contributed by atoms with Crippen LogP contribution in [-0.4, -0.2) is 36.0 Å². The molecular weight excluding hydrogens is 504 g/mol. The Balaban J connectivity index is 1.77. The maximum absolute atomic E-state index is 13.9. The van der Waals surface area contributed by atoms with Gasteiger partial charge in [-0.05, 0) is 42.5 Å². The number of pyridine rings is 2. The number of benzene rings is 2. The van der Waals surface area contributed by atoms with E-state index in [1.54, 1.807) is 24.3 Å². The van der Waals surface area contributed by atoms with E-state index in [0.29, 0.717) is 0 Å². The fourth-order valence-electron chi connectivity index (χ4n) is 4.64. The SMILES string of the molecule is O=C(O)c1ccc(C(=O)c2c3c(=O)n(-c4ccccn4)c(=O)c3cc3c(=O)n(-c4ccccn4)c(=O)c23)cc1. The smallest absolute Gasteiger partial charge is 0.335 e. The molecule has 0 saturated carbocycles. The number of carboxylic acid groups (broad SMARTS) is 1. The van der Waals surface area contributed by atoms with Crippen LogP contribution in [0.15, 0.2) is 98.3 Å². The van der Waals surface area contributed by atoms with E-state index in [9.17, 15) is 33.9 Å². The number of rotatable bonds is 5. The van der Waals surface area contributed by atoms with E-state index in [4.69, 9.17) is 0 Å². The summed E-state index contributed by atoms with van der Waals surface area (Å²) in [4.78, 5) is 87.5. The third-order valence-electron chi connectivity index (χ3n) is 6.41. The predicted molar refractivity (Wildman–Crippen MR) is 140 cm³/mol. The highest BCUT2D eigenvalue weighted by Gasteiger charge is 2.29. The highest BCUT2D eigenvalue weighted by molar-refractivity contribution is 6.24. The second-order valence-electron chi connectivity index (χ2n) is 8.58. The Hall–Kier alpha value is -5.84. The van der Waals surface area contributed by atoms with Gasteiger partial charge in [0, 0.05) is 23.5 Å². The fraction of sp³-hybridized carbons (Fsp3) is 0. The number of nitrogens with zero attached hydrogens (tertiary/aromatic N) is 4. The number of hydrogen-bond donors (Lipinski definition) is 1. The van der Waals surface area contributed by atoms with Crippen LogP contribution in [0, 0.1) is 0 Å². The Kier molecular flexibility index (Phi) is 5.21. The van der Waals surface area contributed by atoms with Crippen molar-refractivity contribution >= 4 is 33.3 Å². The molecule has 0 aliphatic carbocycles. The number of fused-ring (bicyclic) bond motifs is 2. The first-order chi connectivity index (χ1) is 18.8. The largest absolute Gasteiger partial charge is 0.478 e. The van der Waals surface area contributed by atoms with Crippen molar-refractivity contribution in [2.24, 2.45) is 0 Å². The first-order valence-corrected chi connectivity index (χ1v) is 11.5. The minimum absolute atomic E-state index is 0.000773. The van der Waals surface area contributed by atoms with Crippen LogP contribution in [0.25, 0.3) is 33.2 Å². The maximum atomic E-state index is 13.9. The number of aromatic nitrogens is 4. The molecule has 2 aromatic carbocycles. The lowest BCUT2D eigenvalue weighted by Gasteiger charge is -2.05. The van der Waals surface area contributed by atoms with Gasteiger partial charge < -0.3 is 5.11 Å². The maximum Gasteiger partial charge on any atom is 0.335 e. The third kappa shape index (κ3) is 3.44. The minimum Gasteiger partial charge on any atom is -0.478 e. The van der Waals surface area contributed by atoms with Gasteiger partial charge in [-0.25, -0.2) is 23.9 Å². The van der Waals surface area contributed by atoms with Gasteiger partial charge in [0.1, 0.15) is 11.6 Å². The van der Waals surface area contributed by atoms with Gasteiger partial charge in [0.2, 0.25) is 0 Å². The van der Waals surface area contributed by atoms with Crippen LogP contribution < -0.4 is 22.2 Å². The molecule has 0 bridgehead atoms. The molecule has 11 nitrogen and oxygen atoms in total. The summed E-state index contributed by atoms with van der Waals surface area (Å²) < 4.78 is 1.55. The molecule has 0 fully saturated rings. The monoisotopic (exact) mass is 518 g/mol. The zero-order valence-electron chi connectivity index (χ0n) is 19.7. The van der Waals surface area contributed by atoms with Gasteiger partial charge in [0.25, 0.3) is 22.2 Å². The lowest BCUT2D eigenvalue weighted by atomic mass is 9.94. The van der Waals surface area contributed by atoms with E-state index in [1.165, 1.54) is 48.8 Å². The summed E-state index contributed by atoms with van der Waals surface area (Å²) >= 11 is 0. The summed E-state index contributed by atoms with van der Waals surface area (Å²) in [5, 5.41) is 8.05. The molecule has 0 aliphatic rings. The molecule has 1 N–H and O–H groups in total. The van der Waals surface area contributed by atoms with Crippen molar-refractivity contribution in [3.8, 4) is 11.6 Å². The third-order valence-corrected chi connectivity index (χ3v) is 6.41. The van der Waals surface area contributed by atoms with Crippen LogP contribution in [0.2, 0.25) is 0 Å². The van der Waals surface area contributed by atoms with E-state index >= 15 is 0 Å². The highest BCUT2D eigenvalue weighted by Crippen LogP contribution is 2.26. The summed E-state index contributed by atoms with van der Waals surface area (Å²) in [6.07, 6.45) is 2.76. The molecule has 0 unspecified atom stereocenters. The molecule has 0 amide bonds. The fourth-order valence-corrected chi connectivity index (χ4v) is 4.64. The number of ketones is 1. The van der Waals surface area contributed by atoms with Gasteiger partial charge in [-0.1, -0.05) is 24.3 Å². The van der Waals surface area contributed by atoms with Crippen molar-refractivity contribution in [2.45, 2.75) is 0 Å². The van der Waals surface area contributed by atoms with Crippen molar-refractivity contribution in [3.05, 3.63) is 137 Å². The normalized spacial score (nSPS) is 11.3. The second kappa shape index (κ2) is 8.63. The minimum atomic E-state index is -1.21. The van der Waals surface area contributed by atoms with Gasteiger partial charge >= 0.3 is 5.97 Å². The summed E-state index contributed by atoms with van der Waals surface area (Å²) in [6, 6.07) is 15.2. The summed E-state index contributed by atoms with van der Waals surface area (Å²) in [5.41, 5.74) is -3.98. The van der Waals surface area contributed by atoms with E-state index in [-0.39, 0.29) is 44.3 Å². The number of carbonyl (C=O) groups excluding carboxylic acids is 1. The van der Waals surface area contributed by atoms with Crippen LogP contribution in [0.3, 0.4) is 0 Å². The molecule has 4 heterocycles. The zero-order chi connectivity index (χ0) is 27.4. The average molecular weight is 518 g/mol. The number of hydrogen-bond acceptors (Lipinski definition) is 8. The molecular formula is C28H14N4O7. The Morgan fingerprint density at radius 3 is 1.49 bits per heavy atom. The van der Waals surface area contributed by atoms with Crippen molar-refractivity contribution in [2.75, 3.05) is 0 Å². The van der Waals surface area contributed by atoms with E-state index in [0.717, 1.165) is 15.2 Å². The molecule has 188 valence electrons. The molecule has 6 rings (SSSR count). The van der Waals surface area contributed by atoms with Gasteiger partial charge in [-0.15, -0.1) is 0 Å². The Bertz CT molecular complexity index is 2050. The molecule has 39 heavy (non-hydrogen) atoms. The van der Waals surface area contributed by atoms with Crippen LogP contribution in [0.1, 0.15) is 26.3 Å². The van der Waals surface area contributed by atoms with Crippen molar-refractivity contribution in [3.63, 3.8) is 0 Å². The summed E-state index contributed by atoms with van der Waals surface area (Å²) in [7, 11) is 0. The number of carbonyl (C=O) groups is 2. The van der Waals surface area contributed by atoms with E-state index in [2.05, 4.69) is 9.97 Å². The van der Waals surface area contributed by atoms with Crippen LogP contribution >= 0.6 is 0 Å². The molecule has 0 radical (unpaired) electrons. The summed E-state index contributed by atoms with van der Waals surface area (Å²) in [6.45, 7) is 0. The van der Waals surface area contributed by atoms with Gasteiger partial charge in [-0.2, -0.15) is 0 Å². The van der Waals surface area contributed by atoms with E-state index in [1.807, 2.05) is 0 Å². The van der Waals surface area contributed by atoms with Gasteiger partial charge in [0.05, 0.1) is 27.1 Å². The zero-order valence-corrected chi connectivity index (χ0v) is 19.7. The Morgan fingerprint density at radius 2 is 1.08 bits per heavy atom. The molecule has 0 spiro atoms.